The third-order valence-corrected chi connectivity index (χ3v) is 5.51. The number of halogens is 2. The summed E-state index contributed by atoms with van der Waals surface area (Å²) in [6, 6.07) is 8.20. The summed E-state index contributed by atoms with van der Waals surface area (Å²) in [4.78, 5) is 15.1. The Bertz CT molecular complexity index is 607. The van der Waals surface area contributed by atoms with Crippen molar-refractivity contribution in [3.8, 4) is 0 Å². The molecule has 0 aliphatic carbocycles. The standard InChI is InChI=1S/C21H33N3O2.2ClH/c1-15-10-16(2)13-24(12-15)14-19-7-5-4-6-18(19)11-23-21(25)20-17(3)26-9-8-22-20;;/h4-7,15-17,20,22H,8-14H2,1-3H3,(H,23,25);2*1H/t15?,16?,17-,20+;;/m1../s1. The van der Waals surface area contributed by atoms with Crippen molar-refractivity contribution in [3.63, 3.8) is 0 Å². The normalized spacial score (nSPS) is 28.0. The molecule has 3 rings (SSSR count). The lowest BCUT2D eigenvalue weighted by Gasteiger charge is -2.35. The van der Waals surface area contributed by atoms with Crippen LogP contribution in [0.15, 0.2) is 24.3 Å². The first-order chi connectivity index (χ1) is 12.5. The maximum Gasteiger partial charge on any atom is 0.240 e. The van der Waals surface area contributed by atoms with Crippen molar-refractivity contribution in [2.75, 3.05) is 26.2 Å². The molecule has 2 unspecified atom stereocenters. The fourth-order valence-corrected chi connectivity index (χ4v) is 4.37. The second-order valence-corrected chi connectivity index (χ2v) is 8.13. The molecule has 2 aliphatic heterocycles. The molecule has 1 aromatic rings. The smallest absolute Gasteiger partial charge is 0.240 e. The molecule has 0 bridgehead atoms. The first-order valence-corrected chi connectivity index (χ1v) is 9.94. The number of rotatable bonds is 5. The SMILES string of the molecule is CC1CC(C)CN(Cc2ccccc2CNC(=O)[C@H]2NCCO[C@@H]2C)C1.Cl.Cl. The largest absolute Gasteiger partial charge is 0.375 e. The number of hydrogen-bond donors (Lipinski definition) is 2. The minimum absolute atomic E-state index is 0. The summed E-state index contributed by atoms with van der Waals surface area (Å²) in [5.41, 5.74) is 2.52. The van der Waals surface area contributed by atoms with E-state index in [4.69, 9.17) is 4.74 Å². The molecule has 160 valence electrons. The average molecular weight is 432 g/mol. The summed E-state index contributed by atoms with van der Waals surface area (Å²) >= 11 is 0. The predicted octanol–water partition coefficient (Wildman–Crippen LogP) is 3.00. The van der Waals surface area contributed by atoms with Gasteiger partial charge in [0, 0.05) is 32.7 Å². The van der Waals surface area contributed by atoms with Gasteiger partial charge in [0.15, 0.2) is 0 Å². The molecule has 2 heterocycles. The molecule has 0 radical (unpaired) electrons. The lowest BCUT2D eigenvalue weighted by atomic mass is 9.91. The molecule has 2 saturated heterocycles. The van der Waals surface area contributed by atoms with Crippen LogP contribution in [0.25, 0.3) is 0 Å². The number of carbonyl (C=O) groups excluding carboxylic acids is 1. The van der Waals surface area contributed by atoms with E-state index in [2.05, 4.69) is 53.6 Å². The van der Waals surface area contributed by atoms with Crippen LogP contribution in [0.4, 0.5) is 0 Å². The number of nitrogens with zero attached hydrogens (tertiary/aromatic N) is 1. The summed E-state index contributed by atoms with van der Waals surface area (Å²) in [6.07, 6.45) is 1.23. The molecule has 0 spiro atoms. The zero-order valence-corrected chi connectivity index (χ0v) is 18.8. The topological polar surface area (TPSA) is 53.6 Å². The van der Waals surface area contributed by atoms with Gasteiger partial charge in [-0.2, -0.15) is 0 Å². The molecular formula is C21H35Cl2N3O2. The van der Waals surface area contributed by atoms with E-state index in [0.29, 0.717) is 13.2 Å². The van der Waals surface area contributed by atoms with Crippen LogP contribution < -0.4 is 10.6 Å². The fraction of sp³-hybridized carbons (Fsp3) is 0.667. The summed E-state index contributed by atoms with van der Waals surface area (Å²) in [5.74, 6) is 1.53. The molecule has 1 aromatic carbocycles. The van der Waals surface area contributed by atoms with Gasteiger partial charge in [0.1, 0.15) is 6.04 Å². The van der Waals surface area contributed by atoms with E-state index in [-0.39, 0.29) is 42.9 Å². The summed E-state index contributed by atoms with van der Waals surface area (Å²) in [5, 5.41) is 6.34. The maximum absolute atomic E-state index is 12.5. The van der Waals surface area contributed by atoms with Gasteiger partial charge in [0.2, 0.25) is 5.91 Å². The Morgan fingerprint density at radius 1 is 1.14 bits per heavy atom. The number of nitrogens with one attached hydrogen (secondary N) is 2. The number of hydrogen-bond acceptors (Lipinski definition) is 4. The Morgan fingerprint density at radius 3 is 2.43 bits per heavy atom. The van der Waals surface area contributed by atoms with Crippen LogP contribution >= 0.6 is 24.8 Å². The lowest BCUT2D eigenvalue weighted by Crippen LogP contribution is -2.55. The number of amides is 1. The van der Waals surface area contributed by atoms with Crippen molar-refractivity contribution in [2.45, 2.75) is 52.4 Å². The van der Waals surface area contributed by atoms with Crippen molar-refractivity contribution in [3.05, 3.63) is 35.4 Å². The Kier molecular flexibility index (Phi) is 10.8. The van der Waals surface area contributed by atoms with Crippen molar-refractivity contribution >= 4 is 30.7 Å². The predicted molar refractivity (Wildman–Crippen MR) is 118 cm³/mol. The number of carbonyl (C=O) groups is 1. The highest BCUT2D eigenvalue weighted by Crippen LogP contribution is 2.23. The van der Waals surface area contributed by atoms with Crippen molar-refractivity contribution in [1.82, 2.24) is 15.5 Å². The molecule has 2 fully saturated rings. The van der Waals surface area contributed by atoms with E-state index in [1.54, 1.807) is 0 Å². The fourth-order valence-electron chi connectivity index (χ4n) is 4.37. The number of likely N-dealkylation sites (tertiary alicyclic amines) is 1. The lowest BCUT2D eigenvalue weighted by molar-refractivity contribution is -0.129. The highest BCUT2D eigenvalue weighted by molar-refractivity contribution is 5.85. The first-order valence-electron chi connectivity index (χ1n) is 9.94. The minimum Gasteiger partial charge on any atom is -0.375 e. The second-order valence-electron chi connectivity index (χ2n) is 8.13. The highest BCUT2D eigenvalue weighted by atomic mass is 35.5. The molecule has 28 heavy (non-hydrogen) atoms. The van der Waals surface area contributed by atoms with Gasteiger partial charge in [-0.3, -0.25) is 9.69 Å². The van der Waals surface area contributed by atoms with Crippen LogP contribution in [0.3, 0.4) is 0 Å². The van der Waals surface area contributed by atoms with Gasteiger partial charge in [-0.25, -0.2) is 0 Å². The van der Waals surface area contributed by atoms with E-state index >= 15 is 0 Å². The van der Waals surface area contributed by atoms with E-state index in [9.17, 15) is 4.79 Å². The van der Waals surface area contributed by atoms with Gasteiger partial charge in [-0.1, -0.05) is 38.1 Å². The molecule has 7 heteroatoms. The van der Waals surface area contributed by atoms with Crippen LogP contribution in [0, 0.1) is 11.8 Å². The van der Waals surface area contributed by atoms with Crippen LogP contribution in [-0.2, 0) is 22.6 Å². The van der Waals surface area contributed by atoms with E-state index in [0.717, 1.165) is 38.0 Å². The highest BCUT2D eigenvalue weighted by Gasteiger charge is 2.28. The van der Waals surface area contributed by atoms with E-state index in [1.165, 1.54) is 17.5 Å². The van der Waals surface area contributed by atoms with Crippen LogP contribution in [0.2, 0.25) is 0 Å². The first kappa shape index (κ1) is 25.2. The van der Waals surface area contributed by atoms with Crippen molar-refractivity contribution in [1.29, 1.82) is 0 Å². The van der Waals surface area contributed by atoms with Crippen LogP contribution in [-0.4, -0.2) is 49.2 Å². The second kappa shape index (κ2) is 12.0. The van der Waals surface area contributed by atoms with Gasteiger partial charge in [-0.05, 0) is 36.3 Å². The van der Waals surface area contributed by atoms with Gasteiger partial charge < -0.3 is 15.4 Å². The quantitative estimate of drug-likeness (QED) is 0.751. The molecule has 5 nitrogen and oxygen atoms in total. The van der Waals surface area contributed by atoms with Gasteiger partial charge in [-0.15, -0.1) is 24.8 Å². The third kappa shape index (κ3) is 6.89. The van der Waals surface area contributed by atoms with Gasteiger partial charge in [0.25, 0.3) is 0 Å². The Labute approximate surface area is 181 Å². The molecule has 4 atom stereocenters. The van der Waals surface area contributed by atoms with Gasteiger partial charge >= 0.3 is 0 Å². The zero-order valence-electron chi connectivity index (χ0n) is 17.1. The number of benzene rings is 1. The summed E-state index contributed by atoms with van der Waals surface area (Å²) < 4.78 is 5.58. The van der Waals surface area contributed by atoms with E-state index < -0.39 is 0 Å². The maximum atomic E-state index is 12.5. The Morgan fingerprint density at radius 2 is 1.79 bits per heavy atom. The third-order valence-electron chi connectivity index (χ3n) is 5.51. The minimum atomic E-state index is -0.264. The number of piperidine rings is 1. The zero-order chi connectivity index (χ0) is 18.5. The van der Waals surface area contributed by atoms with E-state index in [1.807, 2.05) is 6.92 Å². The monoisotopic (exact) mass is 431 g/mol. The summed E-state index contributed by atoms with van der Waals surface area (Å²) in [6.45, 7) is 11.9. The molecule has 2 aliphatic rings. The van der Waals surface area contributed by atoms with Crippen molar-refractivity contribution < 1.29 is 9.53 Å². The van der Waals surface area contributed by atoms with Crippen molar-refractivity contribution in [2.24, 2.45) is 11.8 Å². The summed E-state index contributed by atoms with van der Waals surface area (Å²) in [7, 11) is 0. The Balaban J connectivity index is 0.00000196. The van der Waals surface area contributed by atoms with Gasteiger partial charge in [0.05, 0.1) is 12.7 Å². The number of ether oxygens (including phenoxy) is 1. The molecule has 0 aromatic heterocycles. The average Bonchev–Trinajstić information content (AvgIpc) is 2.60. The Hall–Kier alpha value is -0.850. The van der Waals surface area contributed by atoms with Crippen LogP contribution in [0.1, 0.15) is 38.3 Å². The van der Waals surface area contributed by atoms with Crippen LogP contribution in [0.5, 0.6) is 0 Å². The number of morpholine rings is 1. The molecule has 1 amide bonds. The molecular weight excluding hydrogens is 397 g/mol. The molecule has 0 saturated carbocycles. The molecule has 2 N–H and O–H groups in total.